The first-order valence-corrected chi connectivity index (χ1v) is 4.75. The number of imidazole rings is 1. The van der Waals surface area contributed by atoms with Crippen LogP contribution in [0.25, 0.3) is 11.6 Å². The Morgan fingerprint density at radius 2 is 2.13 bits per heavy atom. The monoisotopic (exact) mass is 205 g/mol. The van der Waals surface area contributed by atoms with Crippen LogP contribution in [0.2, 0.25) is 0 Å². The average Bonchev–Trinajstić information content (AvgIpc) is 2.84. The van der Waals surface area contributed by atoms with Gasteiger partial charge in [-0.15, -0.1) is 10.2 Å². The third kappa shape index (κ3) is 1.16. The van der Waals surface area contributed by atoms with Crippen molar-refractivity contribution in [2.75, 3.05) is 0 Å². The molecule has 0 fully saturated rings. The predicted octanol–water partition coefficient (Wildman–Crippen LogP) is -0.786. The average molecular weight is 205 g/mol. The molecule has 2 aromatic heterocycles. The van der Waals surface area contributed by atoms with E-state index in [9.17, 15) is 0 Å². The zero-order valence-electron chi connectivity index (χ0n) is 8.60. The number of tetrazole rings is 1. The van der Waals surface area contributed by atoms with Crippen molar-refractivity contribution in [3.63, 3.8) is 0 Å². The number of aryl methyl sites for hydroxylation is 1. The molecule has 0 aromatic carbocycles. The first-order chi connectivity index (χ1) is 7.25. The van der Waals surface area contributed by atoms with Gasteiger partial charge in [0.2, 0.25) is 5.82 Å². The van der Waals surface area contributed by atoms with E-state index in [-0.39, 0.29) is 0 Å². The Kier molecular flexibility index (Phi) is 1.63. The molecule has 0 aliphatic carbocycles. The van der Waals surface area contributed by atoms with Crippen molar-refractivity contribution in [2.45, 2.75) is 13.1 Å². The highest BCUT2D eigenvalue weighted by molar-refractivity contribution is 5.45. The summed E-state index contributed by atoms with van der Waals surface area (Å²) in [5, 5.41) is 15.2. The van der Waals surface area contributed by atoms with Crippen LogP contribution < -0.4 is 5.32 Å². The normalized spacial score (nSPS) is 14.5. The van der Waals surface area contributed by atoms with Crippen LogP contribution >= 0.6 is 0 Å². The second kappa shape index (κ2) is 2.86. The fourth-order valence-electron chi connectivity index (χ4n) is 1.82. The molecule has 0 unspecified atom stereocenters. The molecule has 1 N–H and O–H groups in total. The second-order valence-corrected chi connectivity index (χ2v) is 3.59. The molecule has 2 aromatic rings. The Morgan fingerprint density at radius 1 is 1.27 bits per heavy atom. The molecule has 0 spiro atoms. The maximum atomic E-state index is 4.50. The van der Waals surface area contributed by atoms with Gasteiger partial charge in [0.05, 0.1) is 18.4 Å². The van der Waals surface area contributed by atoms with Gasteiger partial charge < -0.3 is 9.88 Å². The number of fused-ring (bicyclic) bond motifs is 1. The molecule has 0 saturated carbocycles. The molecule has 0 bridgehead atoms. The lowest BCUT2D eigenvalue weighted by molar-refractivity contribution is 0.630. The summed E-state index contributed by atoms with van der Waals surface area (Å²) in [4.78, 5) is 5.93. The van der Waals surface area contributed by atoms with Gasteiger partial charge in [0.1, 0.15) is 0 Å². The molecule has 7 nitrogen and oxygen atoms in total. The molecule has 1 aliphatic rings. The minimum absolute atomic E-state index is 0.578. The summed E-state index contributed by atoms with van der Waals surface area (Å²) >= 11 is 0. The highest BCUT2D eigenvalue weighted by Gasteiger charge is 2.21. The molecule has 0 saturated heterocycles. The first-order valence-electron chi connectivity index (χ1n) is 4.75. The third-order valence-electron chi connectivity index (χ3n) is 2.59. The molecule has 15 heavy (non-hydrogen) atoms. The molecule has 3 rings (SSSR count). The van der Waals surface area contributed by atoms with E-state index in [1.54, 1.807) is 7.05 Å². The summed E-state index contributed by atoms with van der Waals surface area (Å²) in [6.45, 7) is 1.68. The van der Waals surface area contributed by atoms with Gasteiger partial charge in [0, 0.05) is 20.1 Å². The molecule has 1 aliphatic heterocycles. The lowest BCUT2D eigenvalue weighted by Gasteiger charge is -1.99. The van der Waals surface area contributed by atoms with Crippen molar-refractivity contribution in [3.05, 3.63) is 11.4 Å². The van der Waals surface area contributed by atoms with Crippen LogP contribution in [0.1, 0.15) is 11.4 Å². The maximum absolute atomic E-state index is 4.50. The van der Waals surface area contributed by atoms with E-state index in [2.05, 4.69) is 25.7 Å². The Labute approximate surface area is 86.1 Å². The summed E-state index contributed by atoms with van der Waals surface area (Å²) in [5.74, 6) is 1.36. The van der Waals surface area contributed by atoms with Gasteiger partial charge >= 0.3 is 0 Å². The number of nitrogens with one attached hydrogen (secondary N) is 1. The number of hydrogen-bond acceptors (Lipinski definition) is 5. The van der Waals surface area contributed by atoms with Crippen molar-refractivity contribution in [2.24, 2.45) is 14.1 Å². The second-order valence-electron chi connectivity index (χ2n) is 3.59. The van der Waals surface area contributed by atoms with Crippen molar-refractivity contribution in [1.82, 2.24) is 35.1 Å². The van der Waals surface area contributed by atoms with Crippen LogP contribution in [0.3, 0.4) is 0 Å². The molecule has 0 atom stereocenters. The first kappa shape index (κ1) is 8.54. The zero-order chi connectivity index (χ0) is 10.4. The lowest BCUT2D eigenvalue weighted by atomic mass is 10.4. The van der Waals surface area contributed by atoms with Crippen molar-refractivity contribution < 1.29 is 0 Å². The summed E-state index contributed by atoms with van der Waals surface area (Å²) in [7, 11) is 3.72. The Hall–Kier alpha value is -1.76. The van der Waals surface area contributed by atoms with Gasteiger partial charge in [-0.05, 0) is 5.21 Å². The van der Waals surface area contributed by atoms with E-state index < -0.39 is 0 Å². The Morgan fingerprint density at radius 3 is 2.80 bits per heavy atom. The van der Waals surface area contributed by atoms with Gasteiger partial charge in [0.15, 0.2) is 5.82 Å². The Balaban J connectivity index is 2.13. The van der Waals surface area contributed by atoms with Crippen molar-refractivity contribution in [1.29, 1.82) is 0 Å². The number of hydrogen-bond donors (Lipinski definition) is 1. The number of nitrogens with zero attached hydrogens (tertiary/aromatic N) is 6. The minimum Gasteiger partial charge on any atom is -0.327 e. The van der Waals surface area contributed by atoms with Crippen LogP contribution in [0.5, 0.6) is 0 Å². The van der Waals surface area contributed by atoms with Crippen LogP contribution in [0.4, 0.5) is 0 Å². The molecular weight excluding hydrogens is 194 g/mol. The van der Waals surface area contributed by atoms with Crippen LogP contribution in [-0.2, 0) is 27.2 Å². The van der Waals surface area contributed by atoms with Gasteiger partial charge in [0.25, 0.3) is 0 Å². The lowest BCUT2D eigenvalue weighted by Crippen LogP contribution is -2.07. The quantitative estimate of drug-likeness (QED) is 0.660. The summed E-state index contributed by atoms with van der Waals surface area (Å²) < 4.78 is 2.02. The topological polar surface area (TPSA) is 73.5 Å². The highest BCUT2D eigenvalue weighted by Crippen LogP contribution is 2.20. The standard InChI is InChI=1S/C8H11N7/c1-14-6-4-9-3-5(6)10-8(14)7-11-13-15(2)12-7/h9H,3-4H2,1-2H3. The highest BCUT2D eigenvalue weighted by atomic mass is 15.6. The van der Waals surface area contributed by atoms with Crippen LogP contribution in [0.15, 0.2) is 0 Å². The maximum Gasteiger partial charge on any atom is 0.240 e. The molecule has 78 valence electrons. The van der Waals surface area contributed by atoms with E-state index in [0.717, 1.165) is 24.6 Å². The largest absolute Gasteiger partial charge is 0.327 e. The van der Waals surface area contributed by atoms with E-state index in [1.807, 2.05) is 11.6 Å². The number of rotatable bonds is 1. The van der Waals surface area contributed by atoms with Gasteiger partial charge in [-0.25, -0.2) is 4.98 Å². The van der Waals surface area contributed by atoms with Crippen molar-refractivity contribution >= 4 is 0 Å². The molecule has 3 heterocycles. The molecule has 7 heteroatoms. The summed E-state index contributed by atoms with van der Waals surface area (Å²) in [5.41, 5.74) is 2.29. The van der Waals surface area contributed by atoms with E-state index in [4.69, 9.17) is 0 Å². The SMILES string of the molecule is Cn1nnc(-c2nc3c(n2C)CNC3)n1. The summed E-state index contributed by atoms with van der Waals surface area (Å²) in [6, 6.07) is 0. The third-order valence-corrected chi connectivity index (χ3v) is 2.59. The fraction of sp³-hybridized carbons (Fsp3) is 0.500. The smallest absolute Gasteiger partial charge is 0.240 e. The van der Waals surface area contributed by atoms with Crippen LogP contribution in [-0.4, -0.2) is 29.8 Å². The molecule has 0 radical (unpaired) electrons. The van der Waals surface area contributed by atoms with E-state index in [1.165, 1.54) is 10.5 Å². The number of aromatic nitrogens is 6. The van der Waals surface area contributed by atoms with Gasteiger partial charge in [-0.3, -0.25) is 0 Å². The predicted molar refractivity (Wildman–Crippen MR) is 51.5 cm³/mol. The van der Waals surface area contributed by atoms with E-state index in [0.29, 0.717) is 5.82 Å². The zero-order valence-corrected chi connectivity index (χ0v) is 8.60. The van der Waals surface area contributed by atoms with Crippen molar-refractivity contribution in [3.8, 4) is 11.6 Å². The van der Waals surface area contributed by atoms with Gasteiger partial charge in [-0.2, -0.15) is 4.80 Å². The fourth-order valence-corrected chi connectivity index (χ4v) is 1.82. The minimum atomic E-state index is 0.578. The molecular formula is C8H11N7. The molecule has 0 amide bonds. The Bertz CT molecular complexity index is 509. The van der Waals surface area contributed by atoms with Gasteiger partial charge in [-0.1, -0.05) is 0 Å². The van der Waals surface area contributed by atoms with Crippen LogP contribution in [0, 0.1) is 0 Å². The van der Waals surface area contributed by atoms with E-state index >= 15 is 0 Å². The summed E-state index contributed by atoms with van der Waals surface area (Å²) in [6.07, 6.45) is 0.